The van der Waals surface area contributed by atoms with Crippen LogP contribution in [-0.2, 0) is 10.2 Å². The molecule has 0 atom stereocenters. The summed E-state index contributed by atoms with van der Waals surface area (Å²) in [6, 6.07) is 15.2. The highest BCUT2D eigenvalue weighted by Crippen LogP contribution is 2.41. The molecule has 8 heteroatoms. The molecular weight excluding hydrogens is 449 g/mol. The van der Waals surface area contributed by atoms with Crippen molar-refractivity contribution in [3.05, 3.63) is 64.7 Å². The smallest absolute Gasteiger partial charge is 0.339 e. The molecule has 6 nitrogen and oxygen atoms in total. The van der Waals surface area contributed by atoms with E-state index in [4.69, 9.17) is 22.1 Å². The third-order valence-electron chi connectivity index (χ3n) is 6.82. The molecule has 2 N–H and O–H groups in total. The first kappa shape index (κ1) is 24.4. The summed E-state index contributed by atoms with van der Waals surface area (Å²) in [7, 11) is 1.35. The summed E-state index contributed by atoms with van der Waals surface area (Å²) in [5, 5.41) is 0.724. The number of ether oxygens (including phenoxy) is 1. The van der Waals surface area contributed by atoms with Gasteiger partial charge in [0.2, 0.25) is 0 Å². The van der Waals surface area contributed by atoms with Gasteiger partial charge in [0.1, 0.15) is 0 Å². The lowest BCUT2D eigenvalue weighted by Gasteiger charge is -2.42. The Bertz CT molecular complexity index is 976. The lowest BCUT2D eigenvalue weighted by atomic mass is 9.68. The molecule has 2 aromatic rings. The van der Waals surface area contributed by atoms with Crippen LogP contribution in [0, 0.1) is 0 Å². The van der Waals surface area contributed by atoms with Crippen molar-refractivity contribution >= 4 is 41.7 Å². The van der Waals surface area contributed by atoms with Gasteiger partial charge in [0.05, 0.1) is 18.4 Å². The minimum Gasteiger partial charge on any atom is -0.465 e. The molecule has 2 aromatic carbocycles. The number of urea groups is 1. The number of anilines is 1. The number of nitrogens with zero attached hydrogens (tertiary/aromatic N) is 2. The van der Waals surface area contributed by atoms with E-state index in [1.54, 1.807) is 23.1 Å². The molecule has 1 aliphatic carbocycles. The van der Waals surface area contributed by atoms with Gasteiger partial charge in [-0.3, -0.25) is 4.90 Å². The molecule has 4 rings (SSSR count). The van der Waals surface area contributed by atoms with Gasteiger partial charge in [-0.1, -0.05) is 35.9 Å². The van der Waals surface area contributed by atoms with Crippen molar-refractivity contribution in [2.24, 2.45) is 5.73 Å². The number of hydrogen-bond acceptors (Lipinski definition) is 4. The summed E-state index contributed by atoms with van der Waals surface area (Å²) < 4.78 is 4.89. The van der Waals surface area contributed by atoms with Crippen molar-refractivity contribution in [2.75, 3.05) is 31.6 Å². The van der Waals surface area contributed by atoms with E-state index in [1.807, 2.05) is 29.2 Å². The lowest BCUT2D eigenvalue weighted by Crippen LogP contribution is -2.47. The van der Waals surface area contributed by atoms with E-state index in [0.29, 0.717) is 30.9 Å². The van der Waals surface area contributed by atoms with Gasteiger partial charge in [0, 0.05) is 36.1 Å². The molecule has 1 saturated heterocycles. The SMILES string of the molecule is COC(=O)c1ccccc1N1CCN([C@H]2CC[C@](CN)(c3cccc(Cl)c3)CC2)C1=O.Cl. The number of nitrogens with two attached hydrogens (primary N) is 1. The van der Waals surface area contributed by atoms with Gasteiger partial charge in [-0.05, 0) is 55.5 Å². The predicted molar refractivity (Wildman–Crippen MR) is 129 cm³/mol. The van der Waals surface area contributed by atoms with Crippen LogP contribution < -0.4 is 10.6 Å². The van der Waals surface area contributed by atoms with Gasteiger partial charge in [0.25, 0.3) is 0 Å². The summed E-state index contributed by atoms with van der Waals surface area (Å²) in [6.45, 7) is 1.76. The molecule has 1 heterocycles. The number of esters is 1. The Morgan fingerprint density at radius 3 is 2.53 bits per heavy atom. The second kappa shape index (κ2) is 10.1. The molecule has 0 bridgehead atoms. The Morgan fingerprint density at radius 1 is 1.16 bits per heavy atom. The van der Waals surface area contributed by atoms with Crippen LogP contribution in [-0.4, -0.2) is 49.7 Å². The van der Waals surface area contributed by atoms with Crippen molar-refractivity contribution in [3.8, 4) is 0 Å². The largest absolute Gasteiger partial charge is 0.465 e. The quantitative estimate of drug-likeness (QED) is 0.636. The van der Waals surface area contributed by atoms with E-state index in [0.717, 1.165) is 30.7 Å². The van der Waals surface area contributed by atoms with E-state index in [9.17, 15) is 9.59 Å². The van der Waals surface area contributed by atoms with E-state index < -0.39 is 5.97 Å². The van der Waals surface area contributed by atoms with Crippen LogP contribution in [0.4, 0.5) is 10.5 Å². The van der Waals surface area contributed by atoms with Crippen molar-refractivity contribution in [1.82, 2.24) is 4.90 Å². The van der Waals surface area contributed by atoms with Crippen molar-refractivity contribution in [1.29, 1.82) is 0 Å². The molecule has 2 amide bonds. The molecule has 0 radical (unpaired) electrons. The highest BCUT2D eigenvalue weighted by molar-refractivity contribution is 6.30. The third kappa shape index (κ3) is 4.45. The Labute approximate surface area is 200 Å². The van der Waals surface area contributed by atoms with Gasteiger partial charge in [-0.15, -0.1) is 12.4 Å². The maximum absolute atomic E-state index is 13.3. The number of para-hydroxylation sites is 1. The van der Waals surface area contributed by atoms with Crippen LogP contribution in [0.3, 0.4) is 0 Å². The second-order valence-electron chi connectivity index (χ2n) is 8.36. The number of rotatable bonds is 5. The summed E-state index contributed by atoms with van der Waals surface area (Å²) in [6.07, 6.45) is 3.61. The molecule has 0 unspecified atom stereocenters. The number of carbonyl (C=O) groups excluding carboxylic acids is 2. The van der Waals surface area contributed by atoms with Crippen LogP contribution >= 0.6 is 24.0 Å². The normalized spacial score (nSPS) is 23.1. The van der Waals surface area contributed by atoms with Crippen molar-refractivity contribution < 1.29 is 14.3 Å². The Hall–Kier alpha value is -2.28. The van der Waals surface area contributed by atoms with Crippen molar-refractivity contribution in [2.45, 2.75) is 37.1 Å². The van der Waals surface area contributed by atoms with E-state index in [-0.39, 0.29) is 29.9 Å². The number of amides is 2. The van der Waals surface area contributed by atoms with Crippen molar-refractivity contribution in [3.63, 3.8) is 0 Å². The minimum absolute atomic E-state index is 0. The Kier molecular flexibility index (Phi) is 7.70. The standard InChI is InChI=1S/C24H28ClN3O3.ClH/c1-31-22(29)20-7-2-3-8-21(20)28-14-13-27(23(28)30)19-9-11-24(16-26,12-10-19)17-5-4-6-18(25)15-17;/h2-8,15,19H,9-14,16,26H2,1H3;1H/t19-,24-;. The first-order valence-corrected chi connectivity index (χ1v) is 11.1. The van der Waals surface area contributed by atoms with Crippen LogP contribution in [0.5, 0.6) is 0 Å². The summed E-state index contributed by atoms with van der Waals surface area (Å²) in [5.41, 5.74) is 8.33. The van der Waals surface area contributed by atoms with E-state index >= 15 is 0 Å². The maximum Gasteiger partial charge on any atom is 0.339 e. The first-order valence-electron chi connectivity index (χ1n) is 10.7. The highest BCUT2D eigenvalue weighted by Gasteiger charge is 2.42. The monoisotopic (exact) mass is 477 g/mol. The summed E-state index contributed by atoms with van der Waals surface area (Å²) in [4.78, 5) is 29.1. The molecule has 0 spiro atoms. The second-order valence-corrected chi connectivity index (χ2v) is 8.80. The Morgan fingerprint density at radius 2 is 1.88 bits per heavy atom. The fourth-order valence-corrected chi connectivity index (χ4v) is 5.19. The van der Waals surface area contributed by atoms with Crippen LogP contribution in [0.1, 0.15) is 41.6 Å². The van der Waals surface area contributed by atoms with Gasteiger partial charge >= 0.3 is 12.0 Å². The van der Waals surface area contributed by atoms with Crippen LogP contribution in [0.25, 0.3) is 0 Å². The van der Waals surface area contributed by atoms with Crippen LogP contribution in [0.2, 0.25) is 5.02 Å². The zero-order chi connectivity index (χ0) is 22.0. The van der Waals surface area contributed by atoms with Gasteiger partial charge < -0.3 is 15.4 Å². The topological polar surface area (TPSA) is 75.9 Å². The van der Waals surface area contributed by atoms with Gasteiger partial charge in [-0.2, -0.15) is 0 Å². The lowest BCUT2D eigenvalue weighted by molar-refractivity contribution is 0.0601. The van der Waals surface area contributed by atoms with E-state index in [2.05, 4.69) is 6.07 Å². The molecular formula is C24H29Cl2N3O3. The predicted octanol–water partition coefficient (Wildman–Crippen LogP) is 4.63. The Balaban J connectivity index is 0.00000289. The van der Waals surface area contributed by atoms with Gasteiger partial charge in [0.15, 0.2) is 0 Å². The third-order valence-corrected chi connectivity index (χ3v) is 7.06. The molecule has 1 aliphatic heterocycles. The summed E-state index contributed by atoms with van der Waals surface area (Å²) in [5.74, 6) is -0.436. The molecule has 172 valence electrons. The molecule has 0 aromatic heterocycles. The number of methoxy groups -OCH3 is 1. The first-order chi connectivity index (χ1) is 15.0. The molecule has 2 aliphatic rings. The van der Waals surface area contributed by atoms with Gasteiger partial charge in [-0.25, -0.2) is 9.59 Å². The summed E-state index contributed by atoms with van der Waals surface area (Å²) >= 11 is 6.22. The number of hydrogen-bond donors (Lipinski definition) is 1. The fourth-order valence-electron chi connectivity index (χ4n) is 5.00. The van der Waals surface area contributed by atoms with E-state index in [1.165, 1.54) is 12.7 Å². The molecule has 2 fully saturated rings. The molecule has 32 heavy (non-hydrogen) atoms. The van der Waals surface area contributed by atoms with Crippen LogP contribution in [0.15, 0.2) is 48.5 Å². The average molecular weight is 478 g/mol. The number of halogens is 2. The maximum atomic E-state index is 13.3. The number of benzene rings is 2. The molecule has 1 saturated carbocycles. The minimum atomic E-state index is -0.436. The zero-order valence-corrected chi connectivity index (χ0v) is 19.7. The fraction of sp³-hybridized carbons (Fsp3) is 0.417. The zero-order valence-electron chi connectivity index (χ0n) is 18.1. The average Bonchev–Trinajstić information content (AvgIpc) is 3.19. The highest BCUT2D eigenvalue weighted by atomic mass is 35.5. The number of carbonyl (C=O) groups is 2.